The maximum Gasteiger partial charge on any atom is 0.348 e. The van der Waals surface area contributed by atoms with Crippen LogP contribution in [0.15, 0.2) is 23.2 Å². The Morgan fingerprint density at radius 1 is 1.05 bits per heavy atom. The monoisotopic (exact) mass is 611 g/mol. The second kappa shape index (κ2) is 14.2. The predicted octanol–water partition coefficient (Wildman–Crippen LogP) is 3.54. The minimum atomic E-state index is -0.688. The van der Waals surface area contributed by atoms with Crippen molar-refractivity contribution in [3.8, 4) is 0 Å². The maximum absolute atomic E-state index is 13.7. The molecule has 2 amide bonds. The summed E-state index contributed by atoms with van der Waals surface area (Å²) in [5.41, 5.74) is 0.916. The van der Waals surface area contributed by atoms with E-state index in [1.54, 1.807) is 20.8 Å². The number of hydrogen-bond donors (Lipinski definition) is 1. The number of halogens is 1. The smallest absolute Gasteiger partial charge is 0.348 e. The van der Waals surface area contributed by atoms with Gasteiger partial charge in [0.05, 0.1) is 47.6 Å². The maximum atomic E-state index is 13.7. The molecule has 11 nitrogen and oxygen atoms in total. The first kappa shape index (κ1) is 31.0. The van der Waals surface area contributed by atoms with E-state index in [9.17, 15) is 28.4 Å². The number of thiazole rings is 1. The highest BCUT2D eigenvalue weighted by Gasteiger charge is 2.27. The molecule has 0 aliphatic rings. The van der Waals surface area contributed by atoms with Crippen LogP contribution in [0, 0.1) is 12.7 Å². The fourth-order valence-electron chi connectivity index (χ4n) is 3.45. The van der Waals surface area contributed by atoms with Gasteiger partial charge >= 0.3 is 17.9 Å². The van der Waals surface area contributed by atoms with Crippen LogP contribution in [0.2, 0.25) is 0 Å². The third kappa shape index (κ3) is 7.55. The van der Waals surface area contributed by atoms with Crippen LogP contribution in [0.25, 0.3) is 10.2 Å². The Kier molecular flexibility index (Phi) is 11.0. The lowest BCUT2D eigenvalue weighted by atomic mass is 10.1. The molecule has 2 heterocycles. The van der Waals surface area contributed by atoms with Crippen LogP contribution in [0.4, 0.5) is 9.39 Å². The fraction of sp³-hybridized carbons (Fsp3) is 0.360. The Bertz CT molecular complexity index is 1530. The highest BCUT2D eigenvalue weighted by atomic mass is 32.2. The van der Waals surface area contributed by atoms with Gasteiger partial charge in [0.2, 0.25) is 5.91 Å². The molecular weight excluding hydrogens is 585 g/mol. The fourth-order valence-corrected chi connectivity index (χ4v) is 6.23. The number of aromatic nitrogens is 1. The van der Waals surface area contributed by atoms with Crippen molar-refractivity contribution < 1.29 is 42.6 Å². The van der Waals surface area contributed by atoms with Crippen LogP contribution >= 0.6 is 34.4 Å². The van der Waals surface area contributed by atoms with Crippen LogP contribution in [-0.4, -0.2) is 66.1 Å². The van der Waals surface area contributed by atoms with Gasteiger partial charge in [-0.2, -0.15) is 4.99 Å². The molecule has 0 saturated heterocycles. The number of methoxy groups -OCH3 is 1. The number of amides is 2. The zero-order valence-corrected chi connectivity index (χ0v) is 24.5. The molecule has 0 saturated carbocycles. The number of rotatable bonds is 11. The average molecular weight is 612 g/mol. The van der Waals surface area contributed by atoms with Crippen molar-refractivity contribution >= 4 is 79.4 Å². The Hall–Kier alpha value is -3.56. The number of benzene rings is 1. The van der Waals surface area contributed by atoms with Crippen molar-refractivity contribution in [2.75, 3.05) is 37.1 Å². The number of ether oxygens (including phenoxy) is 3. The molecule has 1 N–H and O–H groups in total. The number of nitrogens with one attached hydrogen (secondary N) is 1. The van der Waals surface area contributed by atoms with E-state index in [4.69, 9.17) is 14.2 Å². The van der Waals surface area contributed by atoms with E-state index in [1.165, 1.54) is 29.9 Å². The number of anilines is 1. The summed E-state index contributed by atoms with van der Waals surface area (Å²) < 4.78 is 30.5. The van der Waals surface area contributed by atoms with Gasteiger partial charge < -0.3 is 24.1 Å². The lowest BCUT2D eigenvalue weighted by Crippen LogP contribution is -2.23. The zero-order valence-electron chi connectivity index (χ0n) is 22.0. The summed E-state index contributed by atoms with van der Waals surface area (Å²) in [4.78, 5) is 66.3. The highest BCUT2D eigenvalue weighted by molar-refractivity contribution is 8.00. The second-order valence-electron chi connectivity index (χ2n) is 7.91. The molecule has 1 aromatic carbocycles. The molecule has 2 aromatic heterocycles. The highest BCUT2D eigenvalue weighted by Crippen LogP contribution is 2.34. The summed E-state index contributed by atoms with van der Waals surface area (Å²) in [5, 5.41) is 2.75. The molecule has 0 atom stereocenters. The topological polar surface area (TPSA) is 142 Å². The summed E-state index contributed by atoms with van der Waals surface area (Å²) in [6, 6.07) is 4.00. The number of carbonyl (C=O) groups excluding carboxylic acids is 5. The lowest BCUT2D eigenvalue weighted by molar-refractivity contribution is -0.141. The number of carbonyl (C=O) groups is 5. The van der Waals surface area contributed by atoms with E-state index < -0.39 is 35.5 Å². The van der Waals surface area contributed by atoms with Crippen molar-refractivity contribution in [2.45, 2.75) is 27.3 Å². The Labute approximate surface area is 240 Å². The van der Waals surface area contributed by atoms with Crippen molar-refractivity contribution in [3.63, 3.8) is 0 Å². The molecule has 3 aromatic rings. The second-order valence-corrected chi connectivity index (χ2v) is 10.9. The van der Waals surface area contributed by atoms with E-state index in [-0.39, 0.29) is 51.5 Å². The van der Waals surface area contributed by atoms with Gasteiger partial charge in [0.1, 0.15) is 22.2 Å². The molecule has 0 unspecified atom stereocenters. The summed E-state index contributed by atoms with van der Waals surface area (Å²) in [6.07, 6.45) is 0. The number of esters is 3. The van der Waals surface area contributed by atoms with E-state index in [0.29, 0.717) is 15.8 Å². The van der Waals surface area contributed by atoms with E-state index in [0.717, 1.165) is 34.4 Å². The van der Waals surface area contributed by atoms with Gasteiger partial charge in [0.25, 0.3) is 5.91 Å². The van der Waals surface area contributed by atoms with Gasteiger partial charge in [0, 0.05) is 0 Å². The van der Waals surface area contributed by atoms with Crippen molar-refractivity contribution in [1.82, 2.24) is 4.57 Å². The molecule has 3 rings (SSSR count). The van der Waals surface area contributed by atoms with Gasteiger partial charge in [-0.15, -0.1) is 23.1 Å². The van der Waals surface area contributed by atoms with Crippen molar-refractivity contribution in [3.05, 3.63) is 44.8 Å². The number of fused-ring (bicyclic) bond motifs is 1. The molecule has 15 heteroatoms. The van der Waals surface area contributed by atoms with Crippen LogP contribution in [0.5, 0.6) is 0 Å². The summed E-state index contributed by atoms with van der Waals surface area (Å²) in [6.45, 7) is 4.88. The van der Waals surface area contributed by atoms with Crippen molar-refractivity contribution in [1.29, 1.82) is 0 Å². The molecule has 0 aliphatic heterocycles. The molecule has 0 aliphatic carbocycles. The molecule has 214 valence electrons. The predicted molar refractivity (Wildman–Crippen MR) is 149 cm³/mol. The Morgan fingerprint density at radius 3 is 2.42 bits per heavy atom. The first-order valence-corrected chi connectivity index (χ1v) is 14.7. The summed E-state index contributed by atoms with van der Waals surface area (Å²) >= 11 is 2.92. The normalized spacial score (nSPS) is 11.4. The number of thioether (sulfide) groups is 1. The van der Waals surface area contributed by atoms with Crippen molar-refractivity contribution in [2.24, 2.45) is 4.99 Å². The molecule has 0 bridgehead atoms. The third-order valence-electron chi connectivity index (χ3n) is 5.18. The molecule has 0 spiro atoms. The average Bonchev–Trinajstić information content (AvgIpc) is 3.39. The zero-order chi connectivity index (χ0) is 29.4. The third-order valence-corrected chi connectivity index (χ3v) is 8.32. The summed E-state index contributed by atoms with van der Waals surface area (Å²) in [7, 11) is 1.23. The van der Waals surface area contributed by atoms with Gasteiger partial charge in [-0.05, 0) is 44.5 Å². The number of nitrogens with zero attached hydrogens (tertiary/aromatic N) is 2. The van der Waals surface area contributed by atoms with Gasteiger partial charge in [-0.25, -0.2) is 14.0 Å². The van der Waals surface area contributed by atoms with Gasteiger partial charge in [-0.3, -0.25) is 14.4 Å². The van der Waals surface area contributed by atoms with E-state index >= 15 is 0 Å². The van der Waals surface area contributed by atoms with E-state index in [2.05, 4.69) is 10.3 Å². The number of hydrogen-bond acceptors (Lipinski definition) is 11. The van der Waals surface area contributed by atoms with E-state index in [1.807, 2.05) is 0 Å². The lowest BCUT2D eigenvalue weighted by Gasteiger charge is -2.07. The molecule has 0 radical (unpaired) electrons. The van der Waals surface area contributed by atoms with Crippen LogP contribution in [-0.2, 0) is 35.1 Å². The quantitative estimate of drug-likeness (QED) is 0.254. The first-order chi connectivity index (χ1) is 19.1. The van der Waals surface area contributed by atoms with Crippen LogP contribution in [0.3, 0.4) is 0 Å². The largest absolute Gasteiger partial charge is 0.468 e. The Balaban J connectivity index is 1.72. The minimum absolute atomic E-state index is 0.0655. The minimum Gasteiger partial charge on any atom is -0.468 e. The molecule has 40 heavy (non-hydrogen) atoms. The van der Waals surface area contributed by atoms with Crippen LogP contribution < -0.4 is 10.1 Å². The molecular formula is C25H26FN3O8S3. The van der Waals surface area contributed by atoms with Gasteiger partial charge in [0.15, 0.2) is 4.80 Å². The number of thiophene rings is 1. The first-order valence-electron chi connectivity index (χ1n) is 11.9. The Morgan fingerprint density at radius 2 is 1.75 bits per heavy atom. The SMILES string of the molecule is CCOC(=O)c1sc(NC(=O)CSCC(=O)N=c2sc3cc(F)ccc3n2CC(=O)OC)c(C(=O)OCC)c1C. The molecule has 0 fully saturated rings. The standard InChI is InChI=1S/C25H26FN3O8S3/c1-5-36-23(33)20-13(3)21(24(34)37-6-2)40-22(20)27-17(30)11-38-12-18(31)28-25-29(10-19(32)35-4)15-8-7-14(26)9-16(15)39-25/h7-9H,5-6,10-12H2,1-4H3,(H,27,30). The van der Waals surface area contributed by atoms with Gasteiger partial charge in [-0.1, -0.05) is 11.3 Å². The summed E-state index contributed by atoms with van der Waals surface area (Å²) in [5.74, 6) is -3.77. The van der Waals surface area contributed by atoms with Crippen LogP contribution in [0.1, 0.15) is 39.4 Å².